The highest BCUT2D eigenvalue weighted by atomic mass is 16.5. The Morgan fingerprint density at radius 2 is 2.14 bits per heavy atom. The highest BCUT2D eigenvalue weighted by molar-refractivity contribution is 5.75. The van der Waals surface area contributed by atoms with E-state index >= 15 is 0 Å². The smallest absolute Gasteiger partial charge is 0.220 e. The van der Waals surface area contributed by atoms with Gasteiger partial charge in [-0.15, -0.1) is 0 Å². The van der Waals surface area contributed by atoms with Crippen molar-refractivity contribution in [1.29, 1.82) is 0 Å². The lowest BCUT2D eigenvalue weighted by Crippen LogP contribution is -2.35. The first-order valence-electron chi connectivity index (χ1n) is 5.09. The third-order valence-electron chi connectivity index (χ3n) is 1.77. The van der Waals surface area contributed by atoms with E-state index in [2.05, 4.69) is 5.32 Å². The largest absolute Gasteiger partial charge is 0.380 e. The third kappa shape index (κ3) is 9.48. The van der Waals surface area contributed by atoms with Crippen molar-refractivity contribution in [3.05, 3.63) is 0 Å². The molecule has 0 radical (unpaired) electrons. The van der Waals surface area contributed by atoms with Crippen LogP contribution in [0.3, 0.4) is 0 Å². The number of nitrogens with one attached hydrogen (secondary N) is 1. The zero-order chi connectivity index (χ0) is 11.0. The Kier molecular flexibility index (Phi) is 6.49. The lowest BCUT2D eigenvalue weighted by molar-refractivity contribution is -0.121. The van der Waals surface area contributed by atoms with Crippen molar-refractivity contribution < 1.29 is 9.53 Å². The molecule has 0 aliphatic rings. The van der Waals surface area contributed by atoms with Gasteiger partial charge >= 0.3 is 0 Å². The number of ether oxygens (including phenoxy) is 1. The van der Waals surface area contributed by atoms with E-state index in [1.165, 1.54) is 0 Å². The van der Waals surface area contributed by atoms with E-state index in [0.29, 0.717) is 32.6 Å². The number of rotatable bonds is 7. The summed E-state index contributed by atoms with van der Waals surface area (Å²) in [5, 5.41) is 2.77. The highest BCUT2D eigenvalue weighted by Crippen LogP contribution is 2.06. The summed E-state index contributed by atoms with van der Waals surface area (Å²) >= 11 is 0. The van der Waals surface area contributed by atoms with Crippen molar-refractivity contribution in [3.8, 4) is 0 Å². The van der Waals surface area contributed by atoms with Crippen molar-refractivity contribution in [2.24, 2.45) is 5.73 Å². The van der Waals surface area contributed by atoms with E-state index in [4.69, 9.17) is 10.5 Å². The minimum Gasteiger partial charge on any atom is -0.380 e. The van der Waals surface area contributed by atoms with Crippen LogP contribution in [-0.4, -0.2) is 31.2 Å². The van der Waals surface area contributed by atoms with Gasteiger partial charge in [-0.2, -0.15) is 0 Å². The van der Waals surface area contributed by atoms with E-state index in [1.54, 1.807) is 0 Å². The molecule has 0 aromatic carbocycles. The molecule has 0 heterocycles. The highest BCUT2D eigenvalue weighted by Gasteiger charge is 2.12. The molecule has 4 heteroatoms. The molecule has 4 nitrogen and oxygen atoms in total. The average Bonchev–Trinajstić information content (AvgIpc) is 2.08. The Morgan fingerprint density at radius 3 is 2.64 bits per heavy atom. The zero-order valence-electron chi connectivity index (χ0n) is 9.43. The summed E-state index contributed by atoms with van der Waals surface area (Å²) in [7, 11) is 0. The molecule has 3 N–H and O–H groups in total. The number of amides is 1. The second-order valence-electron chi connectivity index (χ2n) is 4.04. The van der Waals surface area contributed by atoms with Gasteiger partial charge in [-0.05, 0) is 27.2 Å². The maximum absolute atomic E-state index is 11.2. The third-order valence-corrected chi connectivity index (χ3v) is 1.77. The van der Waals surface area contributed by atoms with Gasteiger partial charge < -0.3 is 15.8 Å². The molecule has 0 spiro atoms. The summed E-state index contributed by atoms with van der Waals surface area (Å²) in [6, 6.07) is 0. The standard InChI is InChI=1S/C10H22N2O2/c1-4-14-8-7-12-9(13)5-6-10(2,3)11/h4-8,11H2,1-3H3,(H,12,13). The number of hydrogen-bond acceptors (Lipinski definition) is 3. The van der Waals surface area contributed by atoms with Gasteiger partial charge in [-0.1, -0.05) is 0 Å². The van der Waals surface area contributed by atoms with Crippen LogP contribution in [0, 0.1) is 0 Å². The number of carbonyl (C=O) groups excluding carboxylic acids is 1. The number of carbonyl (C=O) groups is 1. The molecule has 0 saturated heterocycles. The normalized spacial score (nSPS) is 11.4. The van der Waals surface area contributed by atoms with Crippen LogP contribution in [0.25, 0.3) is 0 Å². The predicted molar refractivity (Wildman–Crippen MR) is 57.0 cm³/mol. The van der Waals surface area contributed by atoms with Gasteiger partial charge in [0.2, 0.25) is 5.91 Å². The molecule has 0 aliphatic carbocycles. The molecule has 0 aromatic rings. The van der Waals surface area contributed by atoms with Gasteiger partial charge in [0.05, 0.1) is 6.61 Å². The molecular weight excluding hydrogens is 180 g/mol. The second kappa shape index (κ2) is 6.79. The van der Waals surface area contributed by atoms with Crippen molar-refractivity contribution in [2.75, 3.05) is 19.8 Å². The number of nitrogens with two attached hydrogens (primary N) is 1. The van der Waals surface area contributed by atoms with E-state index in [-0.39, 0.29) is 11.4 Å². The monoisotopic (exact) mass is 202 g/mol. The van der Waals surface area contributed by atoms with Gasteiger partial charge in [0, 0.05) is 25.1 Å². The van der Waals surface area contributed by atoms with E-state index < -0.39 is 0 Å². The molecule has 0 aliphatic heterocycles. The van der Waals surface area contributed by atoms with Gasteiger partial charge in [0.1, 0.15) is 0 Å². The van der Waals surface area contributed by atoms with Crippen molar-refractivity contribution >= 4 is 5.91 Å². The summed E-state index contributed by atoms with van der Waals surface area (Å²) in [4.78, 5) is 11.2. The molecule has 0 fully saturated rings. The van der Waals surface area contributed by atoms with Gasteiger partial charge in [0.25, 0.3) is 0 Å². The van der Waals surface area contributed by atoms with E-state index in [1.807, 2.05) is 20.8 Å². The fourth-order valence-corrected chi connectivity index (χ4v) is 0.931. The van der Waals surface area contributed by atoms with E-state index in [9.17, 15) is 4.79 Å². The fourth-order valence-electron chi connectivity index (χ4n) is 0.931. The maximum atomic E-state index is 11.2. The molecule has 0 saturated carbocycles. The SMILES string of the molecule is CCOCCNC(=O)CCC(C)(C)N. The molecule has 0 atom stereocenters. The lowest BCUT2D eigenvalue weighted by atomic mass is 10.00. The van der Waals surface area contributed by atoms with Crippen molar-refractivity contribution in [1.82, 2.24) is 5.32 Å². The molecule has 0 bridgehead atoms. The summed E-state index contributed by atoms with van der Waals surface area (Å²) in [6.07, 6.45) is 1.18. The molecule has 0 unspecified atom stereocenters. The Labute approximate surface area is 86.2 Å². The van der Waals surface area contributed by atoms with Crippen molar-refractivity contribution in [3.63, 3.8) is 0 Å². The van der Waals surface area contributed by atoms with Crippen LogP contribution >= 0.6 is 0 Å². The summed E-state index contributed by atoms with van der Waals surface area (Å²) < 4.78 is 5.09. The maximum Gasteiger partial charge on any atom is 0.220 e. The van der Waals surface area contributed by atoms with Gasteiger partial charge in [-0.3, -0.25) is 4.79 Å². The predicted octanol–water partition coefficient (Wildman–Crippen LogP) is 0.657. The molecule has 84 valence electrons. The molecule has 1 amide bonds. The molecule has 0 rings (SSSR count). The number of hydrogen-bond donors (Lipinski definition) is 2. The van der Waals surface area contributed by atoms with Crippen LogP contribution in [0.4, 0.5) is 0 Å². The summed E-state index contributed by atoms with van der Waals surface area (Å²) in [5.41, 5.74) is 5.49. The minimum absolute atomic E-state index is 0.0447. The Morgan fingerprint density at radius 1 is 1.50 bits per heavy atom. The first-order valence-corrected chi connectivity index (χ1v) is 5.09. The lowest BCUT2D eigenvalue weighted by Gasteiger charge is -2.17. The second-order valence-corrected chi connectivity index (χ2v) is 4.04. The van der Waals surface area contributed by atoms with Crippen LogP contribution in [0.2, 0.25) is 0 Å². The van der Waals surface area contributed by atoms with Crippen LogP contribution in [0.1, 0.15) is 33.6 Å². The molecular formula is C10H22N2O2. The van der Waals surface area contributed by atoms with Crippen LogP contribution in [0.5, 0.6) is 0 Å². The summed E-state index contributed by atoms with van der Waals surface area (Å²) in [5.74, 6) is 0.0447. The Bertz CT molecular complexity index is 164. The first-order chi connectivity index (χ1) is 6.45. The van der Waals surface area contributed by atoms with Crippen LogP contribution < -0.4 is 11.1 Å². The quantitative estimate of drug-likeness (QED) is 0.596. The van der Waals surface area contributed by atoms with Crippen molar-refractivity contribution in [2.45, 2.75) is 39.2 Å². The fraction of sp³-hybridized carbons (Fsp3) is 0.900. The van der Waals surface area contributed by atoms with Gasteiger partial charge in [0.15, 0.2) is 0 Å². The van der Waals surface area contributed by atoms with E-state index in [0.717, 1.165) is 0 Å². The summed E-state index contributed by atoms with van der Waals surface area (Å²) in [6.45, 7) is 7.61. The zero-order valence-corrected chi connectivity index (χ0v) is 9.43. The topological polar surface area (TPSA) is 64.3 Å². The Balaban J connectivity index is 3.38. The van der Waals surface area contributed by atoms with Crippen LogP contribution in [-0.2, 0) is 9.53 Å². The molecule has 14 heavy (non-hydrogen) atoms. The Hall–Kier alpha value is -0.610. The van der Waals surface area contributed by atoms with Gasteiger partial charge in [-0.25, -0.2) is 0 Å². The minimum atomic E-state index is -0.267. The van der Waals surface area contributed by atoms with Crippen LogP contribution in [0.15, 0.2) is 0 Å². The molecule has 0 aromatic heterocycles. The first kappa shape index (κ1) is 13.4. The average molecular weight is 202 g/mol.